The molecule has 0 saturated heterocycles. The van der Waals surface area contributed by atoms with Crippen LogP contribution < -0.4 is 5.73 Å². The molecule has 0 bridgehead atoms. The molecule has 22 heavy (non-hydrogen) atoms. The number of imidazole rings is 1. The van der Waals surface area contributed by atoms with E-state index in [0.29, 0.717) is 12.4 Å². The van der Waals surface area contributed by atoms with Crippen LogP contribution in [-0.2, 0) is 19.1 Å². The molecule has 0 saturated carbocycles. The second kappa shape index (κ2) is 5.46. The molecule has 1 aromatic carbocycles. The Hall–Kier alpha value is -2.34. The van der Waals surface area contributed by atoms with Crippen molar-refractivity contribution in [2.45, 2.75) is 19.1 Å². The summed E-state index contributed by atoms with van der Waals surface area (Å²) in [4.78, 5) is 4.24. The van der Waals surface area contributed by atoms with Crippen LogP contribution in [0.3, 0.4) is 0 Å². The quantitative estimate of drug-likeness (QED) is 0.806. The van der Waals surface area contributed by atoms with Crippen LogP contribution in [0.25, 0.3) is 5.52 Å². The summed E-state index contributed by atoms with van der Waals surface area (Å²) in [6.07, 6.45) is -0.802. The monoisotopic (exact) mass is 305 g/mol. The van der Waals surface area contributed by atoms with Gasteiger partial charge in [-0.15, -0.1) is 0 Å². The number of alkyl halides is 3. The molecule has 0 unspecified atom stereocenters. The Kier molecular flexibility index (Phi) is 3.62. The highest BCUT2D eigenvalue weighted by Gasteiger charge is 2.33. The van der Waals surface area contributed by atoms with Crippen LogP contribution in [0.5, 0.6) is 0 Å². The molecule has 114 valence electrons. The molecule has 0 fully saturated rings. The fraction of sp³-hybridized carbons (Fsp3) is 0.188. The van der Waals surface area contributed by atoms with Gasteiger partial charge in [0.15, 0.2) is 0 Å². The minimum Gasteiger partial charge on any atom is -0.326 e. The van der Waals surface area contributed by atoms with E-state index < -0.39 is 11.7 Å². The van der Waals surface area contributed by atoms with Crippen molar-refractivity contribution in [2.24, 2.45) is 5.73 Å². The Labute approximate surface area is 125 Å². The molecule has 0 aliphatic rings. The molecule has 0 spiro atoms. The van der Waals surface area contributed by atoms with E-state index >= 15 is 0 Å². The minimum absolute atomic E-state index is 0.109. The fourth-order valence-electron chi connectivity index (χ4n) is 2.46. The van der Waals surface area contributed by atoms with Crippen LogP contribution >= 0.6 is 0 Å². The second-order valence-corrected chi connectivity index (χ2v) is 5.04. The molecule has 3 aromatic rings. The minimum atomic E-state index is -4.37. The molecule has 0 aliphatic heterocycles. The molecule has 2 N–H and O–H groups in total. The smallest absolute Gasteiger partial charge is 0.326 e. The molecule has 3 rings (SSSR count). The van der Waals surface area contributed by atoms with Gasteiger partial charge in [-0.25, -0.2) is 4.98 Å². The zero-order valence-electron chi connectivity index (χ0n) is 11.6. The Morgan fingerprint density at radius 2 is 1.86 bits per heavy atom. The van der Waals surface area contributed by atoms with Gasteiger partial charge in [0, 0.05) is 19.2 Å². The molecule has 0 radical (unpaired) electrons. The first-order chi connectivity index (χ1) is 10.5. The predicted octanol–water partition coefficient (Wildman–Crippen LogP) is 3.40. The number of pyridine rings is 1. The van der Waals surface area contributed by atoms with Gasteiger partial charge in [0.25, 0.3) is 0 Å². The van der Waals surface area contributed by atoms with E-state index in [0.717, 1.165) is 17.1 Å². The number of nitrogens with two attached hydrogens (primary N) is 1. The summed E-state index contributed by atoms with van der Waals surface area (Å²) in [7, 11) is 0. The van der Waals surface area contributed by atoms with Crippen LogP contribution in [0, 0.1) is 0 Å². The molecule has 2 aromatic heterocycles. The van der Waals surface area contributed by atoms with Crippen molar-refractivity contribution in [1.82, 2.24) is 9.38 Å². The maximum absolute atomic E-state index is 13.1. The Morgan fingerprint density at radius 3 is 2.59 bits per heavy atom. The van der Waals surface area contributed by atoms with Crippen LogP contribution in [0.15, 0.2) is 48.8 Å². The average Bonchev–Trinajstić information content (AvgIpc) is 2.89. The van der Waals surface area contributed by atoms with Crippen molar-refractivity contribution < 1.29 is 13.2 Å². The standard InChI is InChI=1S/C16H14F3N3/c17-16(18,19)14-4-2-1-3-12(14)7-15-21-9-13-6-5-11(8-20)10-22(13)15/h1-6,9-10H,7-8,20H2. The van der Waals surface area contributed by atoms with Crippen molar-refractivity contribution >= 4 is 5.52 Å². The van der Waals surface area contributed by atoms with Crippen molar-refractivity contribution in [3.63, 3.8) is 0 Å². The lowest BCUT2D eigenvalue weighted by molar-refractivity contribution is -0.138. The van der Waals surface area contributed by atoms with E-state index in [1.165, 1.54) is 12.1 Å². The average molecular weight is 305 g/mol. The van der Waals surface area contributed by atoms with Crippen LogP contribution in [-0.4, -0.2) is 9.38 Å². The lowest BCUT2D eigenvalue weighted by Gasteiger charge is -2.12. The summed E-state index contributed by atoms with van der Waals surface area (Å²) >= 11 is 0. The van der Waals surface area contributed by atoms with Crippen LogP contribution in [0.2, 0.25) is 0 Å². The highest BCUT2D eigenvalue weighted by molar-refractivity contribution is 5.48. The number of nitrogens with zero attached hydrogens (tertiary/aromatic N) is 2. The van der Waals surface area contributed by atoms with Crippen LogP contribution in [0.4, 0.5) is 13.2 Å². The van der Waals surface area contributed by atoms with Crippen molar-refractivity contribution in [2.75, 3.05) is 0 Å². The number of rotatable bonds is 3. The van der Waals surface area contributed by atoms with Gasteiger partial charge in [-0.2, -0.15) is 13.2 Å². The molecule has 0 amide bonds. The van der Waals surface area contributed by atoms with Gasteiger partial charge in [-0.05, 0) is 23.3 Å². The van der Waals surface area contributed by atoms with E-state index in [4.69, 9.17) is 5.73 Å². The second-order valence-electron chi connectivity index (χ2n) is 5.04. The normalized spacial score (nSPS) is 12.0. The topological polar surface area (TPSA) is 43.3 Å². The first-order valence-corrected chi connectivity index (χ1v) is 6.79. The first kappa shape index (κ1) is 14.6. The maximum Gasteiger partial charge on any atom is 0.416 e. The number of aromatic nitrogens is 2. The van der Waals surface area contributed by atoms with E-state index in [2.05, 4.69) is 4.98 Å². The van der Waals surface area contributed by atoms with E-state index in [9.17, 15) is 13.2 Å². The van der Waals surface area contributed by atoms with Gasteiger partial charge in [0.05, 0.1) is 17.3 Å². The molecular weight excluding hydrogens is 291 g/mol. The van der Waals surface area contributed by atoms with Gasteiger partial charge < -0.3 is 10.1 Å². The Balaban J connectivity index is 2.04. The van der Waals surface area contributed by atoms with Crippen LogP contribution in [0.1, 0.15) is 22.5 Å². The Bertz CT molecular complexity index is 806. The molecule has 6 heteroatoms. The lowest BCUT2D eigenvalue weighted by Crippen LogP contribution is -2.10. The summed E-state index contributed by atoms with van der Waals surface area (Å²) in [5.74, 6) is 0.557. The van der Waals surface area contributed by atoms with Gasteiger partial charge >= 0.3 is 6.18 Å². The van der Waals surface area contributed by atoms with Gasteiger partial charge in [0.2, 0.25) is 0 Å². The van der Waals surface area contributed by atoms with Gasteiger partial charge in [-0.1, -0.05) is 24.3 Å². The Morgan fingerprint density at radius 1 is 1.09 bits per heavy atom. The van der Waals surface area contributed by atoms with E-state index in [1.807, 2.05) is 18.3 Å². The summed E-state index contributed by atoms with van der Waals surface area (Å²) in [6, 6.07) is 9.31. The summed E-state index contributed by atoms with van der Waals surface area (Å²) in [6.45, 7) is 0.368. The third-order valence-electron chi connectivity index (χ3n) is 3.57. The fourth-order valence-corrected chi connectivity index (χ4v) is 2.46. The number of hydrogen-bond donors (Lipinski definition) is 1. The zero-order chi connectivity index (χ0) is 15.7. The number of halogens is 3. The third kappa shape index (κ3) is 2.69. The largest absolute Gasteiger partial charge is 0.416 e. The molecule has 2 heterocycles. The summed E-state index contributed by atoms with van der Waals surface area (Å²) < 4.78 is 41.0. The summed E-state index contributed by atoms with van der Waals surface area (Å²) in [5.41, 5.74) is 6.93. The maximum atomic E-state index is 13.1. The predicted molar refractivity (Wildman–Crippen MR) is 77.3 cm³/mol. The SMILES string of the molecule is NCc1ccc2cnc(Cc3ccccc3C(F)(F)F)n2c1. The number of benzene rings is 1. The van der Waals surface area contributed by atoms with E-state index in [-0.39, 0.29) is 12.0 Å². The van der Waals surface area contributed by atoms with Crippen molar-refractivity contribution in [3.8, 4) is 0 Å². The van der Waals surface area contributed by atoms with Gasteiger partial charge in [-0.3, -0.25) is 0 Å². The number of fused-ring (bicyclic) bond motifs is 1. The highest BCUT2D eigenvalue weighted by atomic mass is 19.4. The molecular formula is C16H14F3N3. The van der Waals surface area contributed by atoms with E-state index in [1.54, 1.807) is 16.7 Å². The molecule has 3 nitrogen and oxygen atoms in total. The zero-order valence-corrected chi connectivity index (χ0v) is 11.6. The molecule has 0 aliphatic carbocycles. The van der Waals surface area contributed by atoms with Crippen molar-refractivity contribution in [3.05, 3.63) is 71.3 Å². The number of hydrogen-bond acceptors (Lipinski definition) is 2. The lowest BCUT2D eigenvalue weighted by atomic mass is 10.0. The third-order valence-corrected chi connectivity index (χ3v) is 3.57. The molecule has 0 atom stereocenters. The van der Waals surface area contributed by atoms with Gasteiger partial charge in [0.1, 0.15) is 5.82 Å². The highest BCUT2D eigenvalue weighted by Crippen LogP contribution is 2.32. The summed E-state index contributed by atoms with van der Waals surface area (Å²) in [5, 5.41) is 0. The van der Waals surface area contributed by atoms with Crippen molar-refractivity contribution in [1.29, 1.82) is 0 Å². The first-order valence-electron chi connectivity index (χ1n) is 6.79.